The van der Waals surface area contributed by atoms with Crippen molar-refractivity contribution in [2.75, 3.05) is 11.9 Å². The first kappa shape index (κ1) is 21.9. The predicted molar refractivity (Wildman–Crippen MR) is 120 cm³/mol. The third kappa shape index (κ3) is 9.00. The number of benzene rings is 2. The Morgan fingerprint density at radius 1 is 1.00 bits per heavy atom. The predicted octanol–water partition coefficient (Wildman–Crippen LogP) is 5.48. The number of thiocarbonyl (C=S) groups is 1. The summed E-state index contributed by atoms with van der Waals surface area (Å²) in [6.07, 6.45) is 6.75. The van der Waals surface area contributed by atoms with E-state index in [9.17, 15) is 4.79 Å². The lowest BCUT2D eigenvalue weighted by atomic mass is 10.1. The van der Waals surface area contributed by atoms with Crippen LogP contribution in [0.3, 0.4) is 0 Å². The second-order valence-corrected chi connectivity index (χ2v) is 7.19. The van der Waals surface area contributed by atoms with Gasteiger partial charge in [-0.1, -0.05) is 62.6 Å². The van der Waals surface area contributed by atoms with Crippen LogP contribution in [0.1, 0.15) is 51.0 Å². The molecule has 0 saturated carbocycles. The van der Waals surface area contributed by atoms with E-state index >= 15 is 0 Å². The van der Waals surface area contributed by atoms with Gasteiger partial charge in [-0.25, -0.2) is 0 Å². The summed E-state index contributed by atoms with van der Waals surface area (Å²) in [5, 5.41) is 6.11. The molecule has 0 atom stereocenters. The van der Waals surface area contributed by atoms with Gasteiger partial charge >= 0.3 is 0 Å². The van der Waals surface area contributed by atoms with Crippen LogP contribution in [-0.4, -0.2) is 17.6 Å². The summed E-state index contributed by atoms with van der Waals surface area (Å²) in [5.74, 6) is 0.744. The Bertz CT molecular complexity index is 734. The molecule has 2 aromatic carbocycles. The summed E-state index contributed by atoms with van der Waals surface area (Å²) in [4.78, 5) is 11.9. The fraction of sp³-hybridized carbons (Fsp3) is 0.391. The SMILES string of the molecule is CCCCCCC(=O)NC(=S)Nc1cccc(OCCCc2ccccc2)c1. The van der Waals surface area contributed by atoms with Crippen LogP contribution < -0.4 is 15.4 Å². The van der Waals surface area contributed by atoms with Gasteiger partial charge in [0.1, 0.15) is 5.75 Å². The second-order valence-electron chi connectivity index (χ2n) is 6.78. The molecule has 0 bridgehead atoms. The van der Waals surface area contributed by atoms with Crippen LogP contribution in [0.2, 0.25) is 0 Å². The number of nitrogens with one attached hydrogen (secondary N) is 2. The van der Waals surface area contributed by atoms with E-state index in [1.54, 1.807) is 0 Å². The van der Waals surface area contributed by atoms with Crippen molar-refractivity contribution in [3.63, 3.8) is 0 Å². The molecule has 0 aromatic heterocycles. The first-order valence-corrected chi connectivity index (χ1v) is 10.5. The van der Waals surface area contributed by atoms with E-state index in [2.05, 4.69) is 41.8 Å². The largest absolute Gasteiger partial charge is 0.494 e. The van der Waals surface area contributed by atoms with E-state index < -0.39 is 0 Å². The number of hydrogen-bond donors (Lipinski definition) is 2. The topological polar surface area (TPSA) is 50.4 Å². The average Bonchev–Trinajstić information content (AvgIpc) is 2.69. The normalized spacial score (nSPS) is 10.3. The van der Waals surface area contributed by atoms with Gasteiger partial charge in [0.05, 0.1) is 6.61 Å². The third-order valence-corrected chi connectivity index (χ3v) is 4.53. The van der Waals surface area contributed by atoms with Gasteiger partial charge in [-0.05, 0) is 49.2 Å². The molecule has 5 heteroatoms. The van der Waals surface area contributed by atoms with Gasteiger partial charge in [0.15, 0.2) is 5.11 Å². The van der Waals surface area contributed by atoms with Gasteiger partial charge in [-0.3, -0.25) is 4.79 Å². The first-order chi connectivity index (χ1) is 13.7. The second kappa shape index (κ2) is 12.9. The van der Waals surface area contributed by atoms with Crippen molar-refractivity contribution in [2.45, 2.75) is 51.9 Å². The van der Waals surface area contributed by atoms with Crippen molar-refractivity contribution in [3.8, 4) is 5.75 Å². The van der Waals surface area contributed by atoms with Gasteiger partial charge < -0.3 is 15.4 Å². The maximum atomic E-state index is 11.9. The van der Waals surface area contributed by atoms with E-state index in [0.29, 0.717) is 18.1 Å². The van der Waals surface area contributed by atoms with Crippen molar-refractivity contribution in [2.24, 2.45) is 0 Å². The fourth-order valence-electron chi connectivity index (χ4n) is 2.84. The minimum atomic E-state index is -0.0399. The molecular formula is C23H30N2O2S. The average molecular weight is 399 g/mol. The van der Waals surface area contributed by atoms with Crippen LogP contribution in [0.25, 0.3) is 0 Å². The number of hydrogen-bond acceptors (Lipinski definition) is 3. The van der Waals surface area contributed by atoms with E-state index in [4.69, 9.17) is 17.0 Å². The molecule has 0 aliphatic heterocycles. The van der Waals surface area contributed by atoms with Crippen molar-refractivity contribution in [3.05, 3.63) is 60.2 Å². The van der Waals surface area contributed by atoms with E-state index in [1.165, 1.54) is 5.56 Å². The maximum Gasteiger partial charge on any atom is 0.226 e. The van der Waals surface area contributed by atoms with Gasteiger partial charge in [-0.15, -0.1) is 0 Å². The van der Waals surface area contributed by atoms with Gasteiger partial charge in [0.2, 0.25) is 5.91 Å². The Morgan fingerprint density at radius 2 is 1.82 bits per heavy atom. The van der Waals surface area contributed by atoms with Crippen LogP contribution in [0.4, 0.5) is 5.69 Å². The number of amides is 1. The number of ether oxygens (including phenoxy) is 1. The highest BCUT2D eigenvalue weighted by Crippen LogP contribution is 2.18. The summed E-state index contributed by atoms with van der Waals surface area (Å²) >= 11 is 5.23. The van der Waals surface area contributed by atoms with E-state index in [-0.39, 0.29) is 5.91 Å². The lowest BCUT2D eigenvalue weighted by molar-refractivity contribution is -0.119. The van der Waals surface area contributed by atoms with E-state index in [0.717, 1.165) is 50.0 Å². The molecule has 2 N–H and O–H groups in total. The molecule has 0 unspecified atom stereocenters. The highest BCUT2D eigenvalue weighted by Gasteiger charge is 2.05. The Labute approximate surface area is 173 Å². The zero-order valence-corrected chi connectivity index (χ0v) is 17.4. The highest BCUT2D eigenvalue weighted by atomic mass is 32.1. The molecule has 4 nitrogen and oxygen atoms in total. The van der Waals surface area contributed by atoms with Crippen LogP contribution in [-0.2, 0) is 11.2 Å². The molecule has 0 spiro atoms. The molecule has 0 radical (unpaired) electrons. The fourth-order valence-corrected chi connectivity index (χ4v) is 3.07. The van der Waals surface area contributed by atoms with E-state index in [1.807, 2.05) is 30.3 Å². The molecule has 2 rings (SSSR count). The van der Waals surface area contributed by atoms with Crippen LogP contribution in [0, 0.1) is 0 Å². The van der Waals surface area contributed by atoms with Gasteiger partial charge in [-0.2, -0.15) is 0 Å². The van der Waals surface area contributed by atoms with Crippen LogP contribution >= 0.6 is 12.2 Å². The Hall–Kier alpha value is -2.40. The zero-order chi connectivity index (χ0) is 20.0. The number of rotatable bonds is 11. The molecule has 0 saturated heterocycles. The summed E-state index contributed by atoms with van der Waals surface area (Å²) in [7, 11) is 0. The molecule has 1 amide bonds. The quantitative estimate of drug-likeness (QED) is 0.389. The van der Waals surface area contributed by atoms with Gasteiger partial charge in [0.25, 0.3) is 0 Å². The number of anilines is 1. The maximum absolute atomic E-state index is 11.9. The molecule has 0 heterocycles. The molecule has 2 aromatic rings. The Kier molecular flexibility index (Phi) is 10.1. The van der Waals surface area contributed by atoms with Crippen LogP contribution in [0.5, 0.6) is 5.75 Å². The Morgan fingerprint density at radius 3 is 2.61 bits per heavy atom. The lowest BCUT2D eigenvalue weighted by Gasteiger charge is -2.11. The minimum Gasteiger partial charge on any atom is -0.494 e. The first-order valence-electron chi connectivity index (χ1n) is 10.0. The molecule has 28 heavy (non-hydrogen) atoms. The third-order valence-electron chi connectivity index (χ3n) is 4.32. The summed E-state index contributed by atoms with van der Waals surface area (Å²) < 4.78 is 5.84. The Balaban J connectivity index is 1.70. The summed E-state index contributed by atoms with van der Waals surface area (Å²) in [5.41, 5.74) is 2.12. The summed E-state index contributed by atoms with van der Waals surface area (Å²) in [6, 6.07) is 18.0. The van der Waals surface area contributed by atoms with Crippen LogP contribution in [0.15, 0.2) is 54.6 Å². The molecule has 150 valence electrons. The molecule has 0 aliphatic rings. The molecule has 0 fully saturated rings. The highest BCUT2D eigenvalue weighted by molar-refractivity contribution is 7.80. The number of carbonyl (C=O) groups excluding carboxylic acids is 1. The number of unbranched alkanes of at least 4 members (excludes halogenated alkanes) is 3. The monoisotopic (exact) mass is 398 g/mol. The zero-order valence-electron chi connectivity index (χ0n) is 16.6. The van der Waals surface area contributed by atoms with Crippen molar-refractivity contribution >= 4 is 28.9 Å². The summed E-state index contributed by atoms with van der Waals surface area (Å²) in [6.45, 7) is 2.80. The van der Waals surface area contributed by atoms with Crippen molar-refractivity contribution in [1.82, 2.24) is 5.32 Å². The lowest BCUT2D eigenvalue weighted by Crippen LogP contribution is -2.33. The van der Waals surface area contributed by atoms with Crippen molar-refractivity contribution < 1.29 is 9.53 Å². The molecular weight excluding hydrogens is 368 g/mol. The van der Waals surface area contributed by atoms with Crippen molar-refractivity contribution in [1.29, 1.82) is 0 Å². The van der Waals surface area contributed by atoms with Gasteiger partial charge in [0, 0.05) is 18.2 Å². The minimum absolute atomic E-state index is 0.0399. The smallest absolute Gasteiger partial charge is 0.226 e. The standard InChI is InChI=1S/C23H30N2O2S/c1-2-3-4-8-16-22(26)25-23(28)24-20-14-9-15-21(18-20)27-17-10-13-19-11-6-5-7-12-19/h5-7,9,11-12,14-15,18H,2-4,8,10,13,16-17H2,1H3,(H2,24,25,26,28). The molecule has 0 aliphatic carbocycles. The number of carbonyl (C=O) groups is 1. The number of aryl methyl sites for hydroxylation is 1.